The standard InChI is InChI=1S/C16H17NO5/c1-10(18)11-3-4-12-9-16(12,8-11)22-13-5-6-14(17(19)20)15(7-13)21-2/h4-7,11H,3,8-9H2,1-2H3. The third-order valence-electron chi connectivity index (χ3n) is 4.40. The van der Waals surface area contributed by atoms with E-state index < -0.39 is 10.5 Å². The van der Waals surface area contributed by atoms with Gasteiger partial charge < -0.3 is 9.47 Å². The normalized spacial score (nSPS) is 25.7. The number of nitro groups is 1. The molecule has 0 N–H and O–H groups in total. The van der Waals surface area contributed by atoms with E-state index >= 15 is 0 Å². The minimum atomic E-state index is -0.490. The first-order valence-electron chi connectivity index (χ1n) is 7.16. The number of methoxy groups -OCH3 is 1. The van der Waals surface area contributed by atoms with Crippen molar-refractivity contribution < 1.29 is 19.2 Å². The molecule has 1 saturated carbocycles. The molecule has 116 valence electrons. The van der Waals surface area contributed by atoms with Crippen molar-refractivity contribution in [3.8, 4) is 11.5 Å². The third kappa shape index (κ3) is 2.45. The Morgan fingerprint density at radius 3 is 2.86 bits per heavy atom. The summed E-state index contributed by atoms with van der Waals surface area (Å²) in [6, 6.07) is 4.48. The highest BCUT2D eigenvalue weighted by Gasteiger charge is 2.55. The second kappa shape index (κ2) is 5.12. The topological polar surface area (TPSA) is 78.7 Å². The van der Waals surface area contributed by atoms with Crippen molar-refractivity contribution >= 4 is 11.5 Å². The van der Waals surface area contributed by atoms with E-state index in [2.05, 4.69) is 6.08 Å². The number of benzene rings is 1. The molecule has 6 heteroatoms. The molecule has 2 aliphatic carbocycles. The summed E-state index contributed by atoms with van der Waals surface area (Å²) in [4.78, 5) is 22.0. The predicted molar refractivity (Wildman–Crippen MR) is 79.1 cm³/mol. The van der Waals surface area contributed by atoms with Gasteiger partial charge in [-0.2, -0.15) is 0 Å². The summed E-state index contributed by atoms with van der Waals surface area (Å²) >= 11 is 0. The van der Waals surface area contributed by atoms with Gasteiger partial charge in [-0.15, -0.1) is 0 Å². The zero-order valence-electron chi connectivity index (χ0n) is 12.5. The number of nitrogens with zero attached hydrogens (tertiary/aromatic N) is 1. The van der Waals surface area contributed by atoms with Crippen molar-refractivity contribution in [1.29, 1.82) is 0 Å². The number of rotatable bonds is 5. The molecule has 6 nitrogen and oxygen atoms in total. The number of ketones is 1. The van der Waals surface area contributed by atoms with Gasteiger partial charge in [0.25, 0.3) is 0 Å². The molecule has 2 unspecified atom stereocenters. The number of allylic oxidation sites excluding steroid dienone is 1. The van der Waals surface area contributed by atoms with E-state index in [1.54, 1.807) is 13.0 Å². The Morgan fingerprint density at radius 1 is 1.45 bits per heavy atom. The largest absolute Gasteiger partial charge is 0.490 e. The van der Waals surface area contributed by atoms with Crippen molar-refractivity contribution in [3.05, 3.63) is 40.0 Å². The van der Waals surface area contributed by atoms with Crippen molar-refractivity contribution in [1.82, 2.24) is 0 Å². The number of carbonyl (C=O) groups is 1. The van der Waals surface area contributed by atoms with Crippen LogP contribution in [-0.2, 0) is 4.79 Å². The number of hydrogen-bond acceptors (Lipinski definition) is 5. The molecule has 2 atom stereocenters. The van der Waals surface area contributed by atoms with Gasteiger partial charge in [0.05, 0.1) is 12.0 Å². The summed E-state index contributed by atoms with van der Waals surface area (Å²) in [7, 11) is 1.39. The van der Waals surface area contributed by atoms with E-state index in [0.717, 1.165) is 12.8 Å². The van der Waals surface area contributed by atoms with Crippen LogP contribution in [0.25, 0.3) is 0 Å². The lowest BCUT2D eigenvalue weighted by Crippen LogP contribution is -2.28. The summed E-state index contributed by atoms with van der Waals surface area (Å²) in [6.45, 7) is 1.61. The fourth-order valence-electron chi connectivity index (χ4n) is 3.04. The Hall–Kier alpha value is -2.37. The molecule has 0 heterocycles. The molecule has 0 aliphatic heterocycles. The van der Waals surface area contributed by atoms with Crippen LogP contribution in [0, 0.1) is 16.0 Å². The SMILES string of the molecule is COc1cc(OC23CC2=CCC(C(C)=O)C3)ccc1[N+](=O)[O-]. The smallest absolute Gasteiger partial charge is 0.311 e. The van der Waals surface area contributed by atoms with Gasteiger partial charge in [0, 0.05) is 30.9 Å². The van der Waals surface area contributed by atoms with E-state index in [1.807, 2.05) is 0 Å². The first-order chi connectivity index (χ1) is 10.4. The van der Waals surface area contributed by atoms with Crippen LogP contribution in [0.3, 0.4) is 0 Å². The Labute approximate surface area is 127 Å². The molecule has 0 saturated heterocycles. The third-order valence-corrected chi connectivity index (χ3v) is 4.40. The van der Waals surface area contributed by atoms with Gasteiger partial charge in [0.1, 0.15) is 17.1 Å². The van der Waals surface area contributed by atoms with Crippen LogP contribution < -0.4 is 9.47 Å². The number of ether oxygens (including phenoxy) is 2. The first-order valence-corrected chi connectivity index (χ1v) is 7.16. The second-order valence-electron chi connectivity index (χ2n) is 5.84. The average Bonchev–Trinajstić information content (AvgIpc) is 3.19. The summed E-state index contributed by atoms with van der Waals surface area (Å²) < 4.78 is 11.1. The summed E-state index contributed by atoms with van der Waals surface area (Å²) in [6.07, 6.45) is 4.35. The van der Waals surface area contributed by atoms with Crippen LogP contribution in [0.15, 0.2) is 29.8 Å². The molecule has 1 aromatic carbocycles. The van der Waals surface area contributed by atoms with Gasteiger partial charge in [0.15, 0.2) is 0 Å². The van der Waals surface area contributed by atoms with E-state index in [1.165, 1.54) is 24.8 Å². The Bertz CT molecular complexity index is 681. The maximum atomic E-state index is 11.6. The Morgan fingerprint density at radius 2 is 2.23 bits per heavy atom. The van der Waals surface area contributed by atoms with Crippen LogP contribution in [0.4, 0.5) is 5.69 Å². The van der Waals surface area contributed by atoms with Gasteiger partial charge >= 0.3 is 5.69 Å². The molecule has 2 aliphatic rings. The zero-order valence-corrected chi connectivity index (χ0v) is 12.5. The highest BCUT2D eigenvalue weighted by Crippen LogP contribution is 2.54. The van der Waals surface area contributed by atoms with Crippen molar-refractivity contribution in [3.63, 3.8) is 0 Å². The van der Waals surface area contributed by atoms with Crippen LogP contribution in [0.1, 0.15) is 26.2 Å². The monoisotopic (exact) mass is 303 g/mol. The van der Waals surface area contributed by atoms with E-state index in [4.69, 9.17) is 9.47 Å². The van der Waals surface area contributed by atoms with E-state index in [0.29, 0.717) is 12.2 Å². The predicted octanol–water partition coefficient (Wildman–Crippen LogP) is 3.05. The number of nitro benzene ring substituents is 1. The van der Waals surface area contributed by atoms with Crippen LogP contribution in [0.2, 0.25) is 0 Å². The average molecular weight is 303 g/mol. The van der Waals surface area contributed by atoms with Crippen molar-refractivity contribution in [2.24, 2.45) is 5.92 Å². The molecular weight excluding hydrogens is 286 g/mol. The number of carbonyl (C=O) groups excluding carboxylic acids is 1. The Kier molecular flexibility index (Phi) is 3.39. The van der Waals surface area contributed by atoms with E-state index in [9.17, 15) is 14.9 Å². The summed E-state index contributed by atoms with van der Waals surface area (Å²) in [5.74, 6) is 0.858. The fourth-order valence-corrected chi connectivity index (χ4v) is 3.04. The molecule has 1 fully saturated rings. The molecular formula is C16H17NO5. The lowest BCUT2D eigenvalue weighted by atomic mass is 9.89. The van der Waals surface area contributed by atoms with Crippen molar-refractivity contribution in [2.45, 2.75) is 31.8 Å². The summed E-state index contributed by atoms with van der Waals surface area (Å²) in [5, 5.41) is 10.9. The molecule has 0 amide bonds. The molecule has 0 spiro atoms. The number of hydrogen-bond donors (Lipinski definition) is 0. The van der Waals surface area contributed by atoms with Gasteiger partial charge in [-0.3, -0.25) is 14.9 Å². The van der Waals surface area contributed by atoms with Crippen LogP contribution in [-0.4, -0.2) is 23.4 Å². The zero-order chi connectivity index (χ0) is 15.9. The molecule has 22 heavy (non-hydrogen) atoms. The quantitative estimate of drug-likeness (QED) is 0.474. The fraction of sp³-hybridized carbons (Fsp3) is 0.438. The maximum Gasteiger partial charge on any atom is 0.311 e. The van der Waals surface area contributed by atoms with Gasteiger partial charge in [-0.05, 0) is 25.0 Å². The minimum absolute atomic E-state index is 0.00815. The van der Waals surface area contributed by atoms with Crippen LogP contribution in [0.5, 0.6) is 11.5 Å². The van der Waals surface area contributed by atoms with Crippen LogP contribution >= 0.6 is 0 Å². The lowest BCUT2D eigenvalue weighted by molar-refractivity contribution is -0.385. The molecule has 1 aromatic rings. The second-order valence-corrected chi connectivity index (χ2v) is 5.84. The van der Waals surface area contributed by atoms with Crippen molar-refractivity contribution in [2.75, 3.05) is 7.11 Å². The highest BCUT2D eigenvalue weighted by molar-refractivity contribution is 5.79. The molecule has 0 bridgehead atoms. The molecule has 0 aromatic heterocycles. The van der Waals surface area contributed by atoms with Gasteiger partial charge in [-0.1, -0.05) is 6.08 Å². The van der Waals surface area contributed by atoms with E-state index in [-0.39, 0.29) is 23.1 Å². The summed E-state index contributed by atoms with van der Waals surface area (Å²) in [5.41, 5.74) is 0.710. The minimum Gasteiger partial charge on any atom is -0.490 e. The van der Waals surface area contributed by atoms with Gasteiger partial charge in [0.2, 0.25) is 5.75 Å². The van der Waals surface area contributed by atoms with Gasteiger partial charge in [-0.25, -0.2) is 0 Å². The molecule has 3 rings (SSSR count). The maximum absolute atomic E-state index is 11.6. The first kappa shape index (κ1) is 14.6. The Balaban J connectivity index is 1.82. The lowest BCUT2D eigenvalue weighted by Gasteiger charge is -2.25. The number of Topliss-reactive ketones (excluding diaryl/α,β-unsaturated/α-hetero) is 1. The number of fused-ring (bicyclic) bond motifs is 1. The molecule has 0 radical (unpaired) electrons. The highest BCUT2D eigenvalue weighted by atomic mass is 16.6.